The van der Waals surface area contributed by atoms with Gasteiger partial charge in [-0.2, -0.15) is 0 Å². The third-order valence-electron chi connectivity index (χ3n) is 7.26. The first-order valence-corrected chi connectivity index (χ1v) is 13.9. The minimum atomic E-state index is -0.235. The van der Waals surface area contributed by atoms with E-state index in [-0.39, 0.29) is 23.7 Å². The molecule has 38 heavy (non-hydrogen) atoms. The first-order chi connectivity index (χ1) is 18.5. The molecule has 0 saturated heterocycles. The van der Waals surface area contributed by atoms with Gasteiger partial charge in [0.1, 0.15) is 11.6 Å². The van der Waals surface area contributed by atoms with E-state index in [1.807, 2.05) is 40.9 Å². The van der Waals surface area contributed by atoms with Crippen molar-refractivity contribution in [1.82, 2.24) is 14.3 Å². The van der Waals surface area contributed by atoms with Crippen molar-refractivity contribution in [3.8, 4) is 0 Å². The molecule has 0 aliphatic heterocycles. The van der Waals surface area contributed by atoms with E-state index < -0.39 is 0 Å². The summed E-state index contributed by atoms with van der Waals surface area (Å²) in [5, 5.41) is 0. The Labute approximate surface area is 228 Å². The lowest BCUT2D eigenvalue weighted by atomic mass is 9.87. The number of aromatic nitrogens is 2. The highest BCUT2D eigenvalue weighted by Gasteiger charge is 2.25. The number of nitrogens with zero attached hydrogens (tertiary/aromatic N) is 3. The highest BCUT2D eigenvalue weighted by atomic mass is 32.2. The topological polar surface area (TPSA) is 50.2 Å². The van der Waals surface area contributed by atoms with E-state index >= 15 is 0 Å². The summed E-state index contributed by atoms with van der Waals surface area (Å²) in [7, 11) is 1.96. The van der Waals surface area contributed by atoms with Crippen LogP contribution >= 0.6 is 11.9 Å². The molecule has 1 heterocycles. The Morgan fingerprint density at radius 3 is 2.68 bits per heavy atom. The summed E-state index contributed by atoms with van der Waals surface area (Å²) in [6.07, 6.45) is 7.20. The summed E-state index contributed by atoms with van der Waals surface area (Å²) in [6.45, 7) is 2.51. The largest absolute Gasteiger partial charge is 0.337 e. The molecule has 2 atom stereocenters. The van der Waals surface area contributed by atoms with Crippen molar-refractivity contribution < 1.29 is 9.18 Å². The molecular weight excluding hydrogens is 495 g/mol. The minimum Gasteiger partial charge on any atom is -0.337 e. The second kappa shape index (κ2) is 12.0. The van der Waals surface area contributed by atoms with Crippen LogP contribution in [-0.2, 0) is 24.8 Å². The molecule has 5 rings (SSSR count). The average Bonchev–Trinajstić information content (AvgIpc) is 3.35. The highest BCUT2D eigenvalue weighted by molar-refractivity contribution is 7.97. The van der Waals surface area contributed by atoms with E-state index in [9.17, 15) is 9.18 Å². The number of anilines is 1. The number of nitrogens with one attached hydrogen (secondary N) is 1. The molecule has 0 fully saturated rings. The third kappa shape index (κ3) is 6.17. The van der Waals surface area contributed by atoms with E-state index in [0.29, 0.717) is 13.0 Å². The SMILES string of the molecule is CC(CC(=O)N(Cc1nccn1C)c1ccc2c(c1)C(NSc1ccc(F)cc1)CCC2)c1ccccc1. The average molecular weight is 529 g/mol. The van der Waals surface area contributed by atoms with Gasteiger partial charge in [-0.25, -0.2) is 9.37 Å². The van der Waals surface area contributed by atoms with Gasteiger partial charge in [0, 0.05) is 42.5 Å². The van der Waals surface area contributed by atoms with Crippen LogP contribution in [0.5, 0.6) is 0 Å². The molecule has 1 aliphatic rings. The van der Waals surface area contributed by atoms with Gasteiger partial charge in [0.2, 0.25) is 5.91 Å². The molecule has 4 aromatic rings. The fraction of sp³-hybridized carbons (Fsp3) is 0.290. The zero-order valence-electron chi connectivity index (χ0n) is 21.8. The first kappa shape index (κ1) is 26.2. The van der Waals surface area contributed by atoms with Crippen molar-refractivity contribution in [1.29, 1.82) is 0 Å². The number of imidazole rings is 1. The molecule has 1 aromatic heterocycles. The molecule has 0 spiro atoms. The van der Waals surface area contributed by atoms with Crippen molar-refractivity contribution in [2.24, 2.45) is 7.05 Å². The molecule has 0 bridgehead atoms. The number of carbonyl (C=O) groups excluding carboxylic acids is 1. The monoisotopic (exact) mass is 528 g/mol. The highest BCUT2D eigenvalue weighted by Crippen LogP contribution is 2.36. The molecule has 2 unspecified atom stereocenters. The molecule has 3 aromatic carbocycles. The number of fused-ring (bicyclic) bond motifs is 1. The lowest BCUT2D eigenvalue weighted by Crippen LogP contribution is -2.33. The van der Waals surface area contributed by atoms with Gasteiger partial charge in [-0.3, -0.25) is 9.52 Å². The van der Waals surface area contributed by atoms with Gasteiger partial charge in [0.15, 0.2) is 0 Å². The second-order valence-corrected chi connectivity index (χ2v) is 10.9. The van der Waals surface area contributed by atoms with Gasteiger partial charge in [0.25, 0.3) is 0 Å². The summed E-state index contributed by atoms with van der Waals surface area (Å²) in [5.74, 6) is 0.781. The van der Waals surface area contributed by atoms with Gasteiger partial charge in [-0.05, 0) is 90.2 Å². The number of benzene rings is 3. The van der Waals surface area contributed by atoms with E-state index in [2.05, 4.69) is 47.0 Å². The van der Waals surface area contributed by atoms with Crippen LogP contribution in [0.2, 0.25) is 0 Å². The fourth-order valence-corrected chi connectivity index (χ4v) is 5.80. The lowest BCUT2D eigenvalue weighted by molar-refractivity contribution is -0.119. The van der Waals surface area contributed by atoms with Gasteiger partial charge in [-0.1, -0.05) is 43.3 Å². The number of hydrogen-bond donors (Lipinski definition) is 1. The smallest absolute Gasteiger partial charge is 0.228 e. The van der Waals surface area contributed by atoms with Gasteiger partial charge in [-0.15, -0.1) is 0 Å². The second-order valence-electron chi connectivity index (χ2n) is 9.95. The number of amides is 1. The summed E-state index contributed by atoms with van der Waals surface area (Å²) in [5.41, 5.74) is 4.57. The zero-order valence-corrected chi connectivity index (χ0v) is 22.6. The maximum atomic E-state index is 13.8. The van der Waals surface area contributed by atoms with Crippen LogP contribution in [0.1, 0.15) is 60.7 Å². The van der Waals surface area contributed by atoms with E-state index in [0.717, 1.165) is 41.2 Å². The number of hydrogen-bond acceptors (Lipinski definition) is 4. The lowest BCUT2D eigenvalue weighted by Gasteiger charge is -2.30. The Morgan fingerprint density at radius 1 is 1.16 bits per heavy atom. The minimum absolute atomic E-state index is 0.0744. The third-order valence-corrected chi connectivity index (χ3v) is 8.17. The van der Waals surface area contributed by atoms with Crippen LogP contribution < -0.4 is 9.62 Å². The predicted octanol–water partition coefficient (Wildman–Crippen LogP) is 6.96. The van der Waals surface area contributed by atoms with Crippen LogP contribution in [0.3, 0.4) is 0 Å². The maximum absolute atomic E-state index is 13.8. The molecule has 0 saturated carbocycles. The standard InChI is InChI=1S/C31H33FN4OS/c1-22(23-7-4-3-5-8-23)19-31(37)36(21-30-33-17-18-35(30)2)26-14-11-24-9-6-10-29(28(24)20-26)34-38-27-15-12-25(32)13-16-27/h3-5,7-8,11-18,20,22,29,34H,6,9-10,19,21H2,1-2H3. The first-order valence-electron chi connectivity index (χ1n) is 13.1. The molecule has 1 N–H and O–H groups in total. The molecule has 5 nitrogen and oxygen atoms in total. The van der Waals surface area contributed by atoms with Gasteiger partial charge >= 0.3 is 0 Å². The van der Waals surface area contributed by atoms with E-state index in [1.165, 1.54) is 35.2 Å². The van der Waals surface area contributed by atoms with Crippen LogP contribution in [0.4, 0.5) is 10.1 Å². The Kier molecular flexibility index (Phi) is 8.25. The van der Waals surface area contributed by atoms with Crippen molar-refractivity contribution in [2.75, 3.05) is 4.90 Å². The quantitative estimate of drug-likeness (QED) is 0.239. The van der Waals surface area contributed by atoms with Gasteiger partial charge < -0.3 is 9.47 Å². The summed E-state index contributed by atoms with van der Waals surface area (Å²) in [6, 6.07) is 23.3. The van der Waals surface area contributed by atoms with Crippen molar-refractivity contribution in [2.45, 2.75) is 56.0 Å². The van der Waals surface area contributed by atoms with E-state index in [4.69, 9.17) is 0 Å². The van der Waals surface area contributed by atoms with Crippen LogP contribution in [0.15, 0.2) is 90.1 Å². The van der Waals surface area contributed by atoms with Crippen LogP contribution in [-0.4, -0.2) is 15.5 Å². The molecule has 196 valence electrons. The molecule has 0 radical (unpaired) electrons. The Balaban J connectivity index is 1.40. The van der Waals surface area contributed by atoms with Crippen molar-refractivity contribution in [3.05, 3.63) is 114 Å². The van der Waals surface area contributed by atoms with E-state index in [1.54, 1.807) is 18.3 Å². The molecular formula is C31H33FN4OS. The summed E-state index contributed by atoms with van der Waals surface area (Å²) < 4.78 is 18.9. The maximum Gasteiger partial charge on any atom is 0.228 e. The molecule has 1 aliphatic carbocycles. The number of halogens is 1. The van der Waals surface area contributed by atoms with Gasteiger partial charge in [0.05, 0.1) is 6.54 Å². The summed E-state index contributed by atoms with van der Waals surface area (Å²) >= 11 is 1.52. The van der Waals surface area contributed by atoms with Crippen LogP contribution in [0.25, 0.3) is 0 Å². The van der Waals surface area contributed by atoms with Crippen molar-refractivity contribution in [3.63, 3.8) is 0 Å². The Hall–Kier alpha value is -3.42. The number of rotatable bonds is 9. The predicted molar refractivity (Wildman–Crippen MR) is 151 cm³/mol. The number of carbonyl (C=O) groups is 1. The Morgan fingerprint density at radius 2 is 1.95 bits per heavy atom. The van der Waals surface area contributed by atoms with Crippen molar-refractivity contribution >= 4 is 23.5 Å². The molecule has 7 heteroatoms. The Bertz CT molecular complexity index is 1370. The molecule has 1 amide bonds. The zero-order chi connectivity index (χ0) is 26.5. The normalized spacial score (nSPS) is 15.6. The number of aryl methyl sites for hydroxylation is 2. The van der Waals surface area contributed by atoms with Crippen LogP contribution in [0, 0.1) is 5.82 Å². The summed E-state index contributed by atoms with van der Waals surface area (Å²) in [4.78, 5) is 21.1. The fourth-order valence-electron chi connectivity index (χ4n) is 5.00.